The first kappa shape index (κ1) is 28.7. The van der Waals surface area contributed by atoms with Crippen LogP contribution in [-0.4, -0.2) is 46.6 Å². The summed E-state index contributed by atoms with van der Waals surface area (Å²) in [6.45, 7) is 6.51. The SMILES string of the molecule is CCCCOc1cc(Br)ccc1[C@@H]1[C@H](S[C@@]2(C)O[C@H](c3ccccc3)[C@H](C)N(C)C2=O)C(=O)N1c1ccccc1. The van der Waals surface area contributed by atoms with E-state index in [0.717, 1.165) is 39.9 Å². The number of hydrogen-bond donors (Lipinski definition) is 0. The maximum atomic E-state index is 13.9. The number of hydrogen-bond acceptors (Lipinski definition) is 5. The Balaban J connectivity index is 1.51. The molecule has 2 aliphatic rings. The summed E-state index contributed by atoms with van der Waals surface area (Å²) in [7, 11) is 1.81. The van der Waals surface area contributed by atoms with Gasteiger partial charge >= 0.3 is 0 Å². The zero-order valence-corrected chi connectivity index (χ0v) is 25.7. The molecule has 5 rings (SSSR count). The van der Waals surface area contributed by atoms with Gasteiger partial charge in [0.1, 0.15) is 17.1 Å². The first-order valence-electron chi connectivity index (χ1n) is 13.7. The molecule has 0 unspecified atom stereocenters. The number of para-hydroxylation sites is 1. The number of carbonyl (C=O) groups excluding carboxylic acids is 2. The lowest BCUT2D eigenvalue weighted by molar-refractivity contribution is -0.173. The molecule has 0 aromatic heterocycles. The summed E-state index contributed by atoms with van der Waals surface area (Å²) in [5.74, 6) is 0.539. The fourth-order valence-corrected chi connectivity index (χ4v) is 7.21. The number of halogens is 1. The summed E-state index contributed by atoms with van der Waals surface area (Å²) in [6.07, 6.45) is 1.63. The van der Waals surface area contributed by atoms with Gasteiger partial charge in [0.15, 0.2) is 4.93 Å². The average molecular weight is 624 g/mol. The van der Waals surface area contributed by atoms with Gasteiger partial charge in [0.25, 0.3) is 5.91 Å². The number of rotatable bonds is 9. The van der Waals surface area contributed by atoms with Crippen LogP contribution in [0.15, 0.2) is 83.3 Å². The van der Waals surface area contributed by atoms with Gasteiger partial charge in [-0.05, 0) is 50.1 Å². The molecule has 0 aliphatic carbocycles. The molecule has 3 aromatic carbocycles. The molecule has 0 bridgehead atoms. The van der Waals surface area contributed by atoms with Gasteiger partial charge in [0.2, 0.25) is 5.91 Å². The number of amides is 2. The second-order valence-corrected chi connectivity index (χ2v) is 12.9. The lowest BCUT2D eigenvalue weighted by atomic mass is 9.91. The Morgan fingerprint density at radius 2 is 1.70 bits per heavy atom. The van der Waals surface area contributed by atoms with Crippen molar-refractivity contribution in [2.45, 2.75) is 62.0 Å². The maximum absolute atomic E-state index is 13.9. The normalized spacial score (nSPS) is 26.5. The van der Waals surface area contributed by atoms with Crippen LogP contribution in [0.25, 0.3) is 0 Å². The molecule has 0 N–H and O–H groups in total. The smallest absolute Gasteiger partial charge is 0.265 e. The highest BCUT2D eigenvalue weighted by Gasteiger charge is 2.57. The fourth-order valence-electron chi connectivity index (χ4n) is 5.37. The van der Waals surface area contributed by atoms with E-state index < -0.39 is 10.2 Å². The second kappa shape index (κ2) is 12.0. The molecule has 5 atom stereocenters. The van der Waals surface area contributed by atoms with E-state index in [-0.39, 0.29) is 30.0 Å². The monoisotopic (exact) mass is 622 g/mol. The summed E-state index contributed by atoms with van der Waals surface area (Å²) in [4.78, 5) is 29.9. The zero-order valence-electron chi connectivity index (χ0n) is 23.2. The van der Waals surface area contributed by atoms with Crippen LogP contribution in [0.3, 0.4) is 0 Å². The molecule has 2 amide bonds. The predicted molar refractivity (Wildman–Crippen MR) is 163 cm³/mol. The Morgan fingerprint density at radius 1 is 1.02 bits per heavy atom. The summed E-state index contributed by atoms with van der Waals surface area (Å²) in [5.41, 5.74) is 2.72. The van der Waals surface area contributed by atoms with Crippen molar-refractivity contribution < 1.29 is 19.1 Å². The number of unbranched alkanes of at least 4 members (excludes halogenated alkanes) is 1. The van der Waals surface area contributed by atoms with Crippen molar-refractivity contribution in [1.29, 1.82) is 0 Å². The third-order valence-corrected chi connectivity index (χ3v) is 9.65. The lowest BCUT2D eigenvalue weighted by Gasteiger charge is -2.52. The van der Waals surface area contributed by atoms with Crippen molar-refractivity contribution >= 4 is 45.2 Å². The van der Waals surface area contributed by atoms with Gasteiger partial charge in [-0.1, -0.05) is 83.9 Å². The molecule has 40 heavy (non-hydrogen) atoms. The number of likely N-dealkylation sites (N-methyl/N-ethyl adjacent to an activating group) is 1. The van der Waals surface area contributed by atoms with E-state index in [1.165, 1.54) is 11.8 Å². The maximum Gasteiger partial charge on any atom is 0.265 e. The van der Waals surface area contributed by atoms with Gasteiger partial charge in [0, 0.05) is 22.8 Å². The van der Waals surface area contributed by atoms with E-state index >= 15 is 0 Å². The third kappa shape index (κ3) is 5.41. The molecule has 2 heterocycles. The molecule has 8 heteroatoms. The molecule has 0 radical (unpaired) electrons. The summed E-state index contributed by atoms with van der Waals surface area (Å²) < 4.78 is 13.8. The van der Waals surface area contributed by atoms with E-state index in [1.807, 2.05) is 97.7 Å². The number of carbonyl (C=O) groups is 2. The Hall–Kier alpha value is -2.81. The number of morpholine rings is 1. The Morgan fingerprint density at radius 3 is 2.38 bits per heavy atom. The number of β-lactam (4-membered cyclic amide) rings is 1. The van der Waals surface area contributed by atoms with Crippen molar-refractivity contribution in [2.24, 2.45) is 0 Å². The van der Waals surface area contributed by atoms with Gasteiger partial charge in [-0.2, -0.15) is 0 Å². The lowest BCUT2D eigenvalue weighted by Crippen LogP contribution is -2.62. The first-order valence-corrected chi connectivity index (χ1v) is 15.4. The molecule has 6 nitrogen and oxygen atoms in total. The second-order valence-electron chi connectivity index (χ2n) is 10.5. The van der Waals surface area contributed by atoms with Gasteiger partial charge in [-0.15, -0.1) is 11.8 Å². The minimum atomic E-state index is -1.25. The summed E-state index contributed by atoms with van der Waals surface area (Å²) in [6, 6.07) is 25.1. The van der Waals surface area contributed by atoms with Crippen LogP contribution in [0.1, 0.15) is 56.9 Å². The first-order chi connectivity index (χ1) is 19.2. The van der Waals surface area contributed by atoms with E-state index in [1.54, 1.807) is 11.8 Å². The number of thioether (sulfide) groups is 1. The topological polar surface area (TPSA) is 59.1 Å². The van der Waals surface area contributed by atoms with Crippen LogP contribution in [0, 0.1) is 0 Å². The Bertz CT molecular complexity index is 1360. The van der Waals surface area contributed by atoms with E-state index in [0.29, 0.717) is 6.61 Å². The van der Waals surface area contributed by atoms with E-state index in [9.17, 15) is 9.59 Å². The fraction of sp³-hybridized carbons (Fsp3) is 0.375. The van der Waals surface area contributed by atoms with Crippen LogP contribution < -0.4 is 9.64 Å². The largest absolute Gasteiger partial charge is 0.493 e. The number of nitrogens with zero attached hydrogens (tertiary/aromatic N) is 2. The van der Waals surface area contributed by atoms with Crippen LogP contribution in [-0.2, 0) is 14.3 Å². The zero-order chi connectivity index (χ0) is 28.4. The number of ether oxygens (including phenoxy) is 2. The minimum absolute atomic E-state index is 0.0567. The molecule has 0 spiro atoms. The molecule has 2 aliphatic heterocycles. The third-order valence-electron chi connectivity index (χ3n) is 7.72. The highest BCUT2D eigenvalue weighted by molar-refractivity contribution is 9.10. The number of anilines is 1. The molecule has 2 saturated heterocycles. The molecule has 2 fully saturated rings. The molecule has 3 aromatic rings. The van der Waals surface area contributed by atoms with Crippen molar-refractivity contribution in [3.8, 4) is 5.75 Å². The summed E-state index contributed by atoms with van der Waals surface area (Å²) >= 11 is 4.88. The molecule has 0 saturated carbocycles. The molecule has 210 valence electrons. The van der Waals surface area contributed by atoms with Crippen LogP contribution in [0.4, 0.5) is 5.69 Å². The highest BCUT2D eigenvalue weighted by Crippen LogP contribution is 2.53. The van der Waals surface area contributed by atoms with Crippen molar-refractivity contribution in [2.75, 3.05) is 18.6 Å². The summed E-state index contributed by atoms with van der Waals surface area (Å²) in [5, 5.41) is -0.540. The van der Waals surface area contributed by atoms with Crippen molar-refractivity contribution in [3.05, 3.63) is 94.5 Å². The van der Waals surface area contributed by atoms with E-state index in [2.05, 4.69) is 22.9 Å². The Kier molecular flexibility index (Phi) is 8.59. The molecular weight excluding hydrogens is 588 g/mol. The van der Waals surface area contributed by atoms with E-state index in [4.69, 9.17) is 9.47 Å². The standard InChI is InChI=1S/C32H35BrN2O4S/c1-5-6-19-38-26-20-23(33)17-18-25(26)27-29(30(36)35(27)24-15-11-8-12-16-24)40-32(3)31(37)34(4)21(2)28(39-32)22-13-9-7-10-14-22/h7-18,20-21,27-29H,5-6,19H2,1-4H3/t21-,27+,28-,29-,32+/m0/s1. The average Bonchev–Trinajstić information content (AvgIpc) is 2.97. The molecular formula is C32H35BrN2O4S. The predicted octanol–water partition coefficient (Wildman–Crippen LogP) is 7.15. The van der Waals surface area contributed by atoms with Crippen LogP contribution in [0.5, 0.6) is 5.75 Å². The number of benzene rings is 3. The van der Waals surface area contributed by atoms with Gasteiger partial charge in [0.05, 0.1) is 18.7 Å². The quantitative estimate of drug-likeness (QED) is 0.187. The van der Waals surface area contributed by atoms with Gasteiger partial charge in [-0.25, -0.2) is 0 Å². The van der Waals surface area contributed by atoms with Crippen LogP contribution >= 0.6 is 27.7 Å². The van der Waals surface area contributed by atoms with Gasteiger partial charge in [-0.3, -0.25) is 9.59 Å². The van der Waals surface area contributed by atoms with Gasteiger partial charge < -0.3 is 19.3 Å². The Labute approximate surface area is 249 Å². The highest BCUT2D eigenvalue weighted by atomic mass is 79.9. The van der Waals surface area contributed by atoms with Crippen molar-refractivity contribution in [3.63, 3.8) is 0 Å². The van der Waals surface area contributed by atoms with Crippen molar-refractivity contribution in [1.82, 2.24) is 4.90 Å². The van der Waals surface area contributed by atoms with Crippen LogP contribution in [0.2, 0.25) is 0 Å². The minimum Gasteiger partial charge on any atom is -0.493 e.